The van der Waals surface area contributed by atoms with E-state index in [1.807, 2.05) is 11.5 Å². The second-order valence-corrected chi connectivity index (χ2v) is 6.63. The molecule has 1 aromatic heterocycles. The molecule has 0 aliphatic carbocycles. The minimum Gasteiger partial charge on any atom is -0.495 e. The molecule has 1 aromatic carbocycles. The minimum atomic E-state index is -0.541. The van der Waals surface area contributed by atoms with Gasteiger partial charge in [0.15, 0.2) is 4.80 Å². The van der Waals surface area contributed by atoms with Crippen LogP contribution in [-0.4, -0.2) is 48.0 Å². The largest absolute Gasteiger partial charge is 0.495 e. The molecular weight excluding hydrogens is 358 g/mol. The summed E-state index contributed by atoms with van der Waals surface area (Å²) in [5.74, 6) is 0.105. The number of hydrogen-bond donors (Lipinski definition) is 0. The first-order valence-electron chi connectivity index (χ1n) is 8.15. The van der Waals surface area contributed by atoms with Crippen molar-refractivity contribution < 1.29 is 23.9 Å². The first-order valence-corrected chi connectivity index (χ1v) is 8.96. The minimum absolute atomic E-state index is 0.151. The molecule has 0 atom stereocenters. The summed E-state index contributed by atoms with van der Waals surface area (Å²) in [5, 5.41) is 0. The van der Waals surface area contributed by atoms with Crippen LogP contribution in [0.2, 0.25) is 0 Å². The Kier molecular flexibility index (Phi) is 5.08. The molecule has 0 N–H and O–H groups in total. The highest BCUT2D eigenvalue weighted by Gasteiger charge is 2.30. The molecule has 0 radical (unpaired) electrons. The average molecular weight is 377 g/mol. The van der Waals surface area contributed by atoms with Gasteiger partial charge < -0.3 is 14.0 Å². The number of aryl methyl sites for hydroxylation is 1. The second kappa shape index (κ2) is 7.28. The van der Waals surface area contributed by atoms with E-state index >= 15 is 0 Å². The molecule has 2 aromatic rings. The third-order valence-corrected chi connectivity index (χ3v) is 5.27. The zero-order valence-electron chi connectivity index (χ0n) is 14.8. The lowest BCUT2D eigenvalue weighted by molar-refractivity contribution is -0.141. The number of thiazole rings is 1. The van der Waals surface area contributed by atoms with Gasteiger partial charge >= 0.3 is 0 Å². The van der Waals surface area contributed by atoms with Crippen LogP contribution in [0.15, 0.2) is 17.1 Å². The summed E-state index contributed by atoms with van der Waals surface area (Å²) < 4.78 is 13.5. The molecule has 26 heavy (non-hydrogen) atoms. The van der Waals surface area contributed by atoms with E-state index in [-0.39, 0.29) is 31.2 Å². The van der Waals surface area contributed by atoms with Crippen molar-refractivity contribution in [2.45, 2.75) is 26.3 Å². The smallest absolute Gasteiger partial charge is 0.268 e. The Bertz CT molecular complexity index is 943. The molecule has 0 saturated carbocycles. The van der Waals surface area contributed by atoms with Gasteiger partial charge in [-0.1, -0.05) is 11.3 Å². The lowest BCUT2D eigenvalue weighted by Crippen LogP contribution is -2.34. The Morgan fingerprint density at radius 2 is 1.77 bits per heavy atom. The van der Waals surface area contributed by atoms with Crippen molar-refractivity contribution in [3.8, 4) is 11.5 Å². The van der Waals surface area contributed by atoms with Crippen molar-refractivity contribution in [1.29, 1.82) is 0 Å². The predicted molar refractivity (Wildman–Crippen MR) is 95.1 cm³/mol. The second-order valence-electron chi connectivity index (χ2n) is 5.66. The number of likely N-dealkylation sites (tertiary alicyclic amines) is 1. The summed E-state index contributed by atoms with van der Waals surface area (Å²) in [5.41, 5.74) is 0.791. The Labute approximate surface area is 153 Å². The van der Waals surface area contributed by atoms with E-state index in [0.717, 1.165) is 15.1 Å². The fourth-order valence-corrected chi connectivity index (χ4v) is 4.13. The zero-order chi connectivity index (χ0) is 18.8. The normalized spacial score (nSPS) is 15.2. The molecule has 138 valence electrons. The van der Waals surface area contributed by atoms with Gasteiger partial charge in [0, 0.05) is 19.4 Å². The monoisotopic (exact) mass is 377 g/mol. The van der Waals surface area contributed by atoms with Gasteiger partial charge in [0.1, 0.15) is 28.3 Å². The highest BCUT2D eigenvalue weighted by atomic mass is 32.1. The fraction of sp³-hybridized carbons (Fsp3) is 0.412. The fourth-order valence-electron chi connectivity index (χ4n) is 2.91. The van der Waals surface area contributed by atoms with Crippen LogP contribution in [0.3, 0.4) is 0 Å². The van der Waals surface area contributed by atoms with Crippen molar-refractivity contribution in [1.82, 2.24) is 9.47 Å². The predicted octanol–water partition coefficient (Wildman–Crippen LogP) is 1.32. The van der Waals surface area contributed by atoms with Gasteiger partial charge in [0.2, 0.25) is 11.8 Å². The number of nitrogens with zero attached hydrogens (tertiary/aromatic N) is 3. The van der Waals surface area contributed by atoms with Crippen molar-refractivity contribution in [3.63, 3.8) is 0 Å². The van der Waals surface area contributed by atoms with E-state index in [2.05, 4.69) is 4.99 Å². The maximum Gasteiger partial charge on any atom is 0.268 e. The Hall–Kier alpha value is -2.68. The van der Waals surface area contributed by atoms with Crippen molar-refractivity contribution >= 4 is 39.3 Å². The summed E-state index contributed by atoms with van der Waals surface area (Å²) in [4.78, 5) is 41.3. The highest BCUT2D eigenvalue weighted by molar-refractivity contribution is 7.16. The molecule has 1 aliphatic rings. The summed E-state index contributed by atoms with van der Waals surface area (Å²) in [6.45, 7) is 2.17. The number of carbonyl (C=O) groups excluding carboxylic acids is 3. The summed E-state index contributed by atoms with van der Waals surface area (Å²) >= 11 is 1.30. The number of fused-ring (bicyclic) bond motifs is 1. The topological polar surface area (TPSA) is 90.2 Å². The van der Waals surface area contributed by atoms with Crippen LogP contribution in [0.25, 0.3) is 10.2 Å². The third kappa shape index (κ3) is 3.10. The zero-order valence-corrected chi connectivity index (χ0v) is 15.6. The lowest BCUT2D eigenvalue weighted by atomic mass is 10.3. The SMILES string of the molecule is CCn1c(=NC(=O)CN2C(=O)CCC2=O)sc2c(OC)ccc(OC)c21. The molecule has 2 heterocycles. The van der Waals surface area contributed by atoms with E-state index in [9.17, 15) is 14.4 Å². The van der Waals surface area contributed by atoms with Gasteiger partial charge in [0.25, 0.3) is 5.91 Å². The van der Waals surface area contributed by atoms with E-state index in [1.54, 1.807) is 26.4 Å². The number of ether oxygens (including phenoxy) is 2. The quantitative estimate of drug-likeness (QED) is 0.733. The van der Waals surface area contributed by atoms with E-state index in [0.29, 0.717) is 22.8 Å². The van der Waals surface area contributed by atoms with E-state index in [4.69, 9.17) is 9.47 Å². The van der Waals surface area contributed by atoms with Crippen molar-refractivity contribution in [2.24, 2.45) is 4.99 Å². The van der Waals surface area contributed by atoms with Gasteiger partial charge in [0.05, 0.1) is 14.2 Å². The summed E-state index contributed by atoms with van der Waals surface area (Å²) in [7, 11) is 3.15. The standard InChI is InChI=1S/C17H19N3O5S/c1-4-19-15-10(24-2)5-6-11(25-3)16(15)26-17(19)18-12(21)9-20-13(22)7-8-14(20)23/h5-6H,4,7-9H2,1-3H3. The van der Waals surface area contributed by atoms with E-state index < -0.39 is 5.91 Å². The molecule has 3 rings (SSSR count). The number of hydrogen-bond acceptors (Lipinski definition) is 6. The first kappa shape index (κ1) is 18.1. The number of rotatable bonds is 5. The molecular formula is C17H19N3O5S. The number of amides is 3. The number of methoxy groups -OCH3 is 2. The number of aromatic nitrogens is 1. The molecule has 1 saturated heterocycles. The molecule has 0 unspecified atom stereocenters. The lowest BCUT2D eigenvalue weighted by Gasteiger charge is -2.10. The number of benzene rings is 1. The van der Waals surface area contributed by atoms with Crippen LogP contribution in [0.1, 0.15) is 19.8 Å². The van der Waals surface area contributed by atoms with Gasteiger partial charge in [-0.3, -0.25) is 19.3 Å². The highest BCUT2D eigenvalue weighted by Crippen LogP contribution is 2.35. The van der Waals surface area contributed by atoms with Gasteiger partial charge in [-0.15, -0.1) is 0 Å². The Morgan fingerprint density at radius 1 is 1.15 bits per heavy atom. The molecule has 1 aliphatic heterocycles. The molecule has 3 amide bonds. The number of carbonyl (C=O) groups is 3. The van der Waals surface area contributed by atoms with Crippen LogP contribution < -0.4 is 14.3 Å². The van der Waals surface area contributed by atoms with Gasteiger partial charge in [-0.05, 0) is 19.1 Å². The first-order chi connectivity index (χ1) is 12.5. The third-order valence-electron chi connectivity index (χ3n) is 4.18. The van der Waals surface area contributed by atoms with Crippen LogP contribution in [0.5, 0.6) is 11.5 Å². The molecule has 0 spiro atoms. The van der Waals surface area contributed by atoms with Crippen molar-refractivity contribution in [3.05, 3.63) is 16.9 Å². The molecule has 0 bridgehead atoms. The maximum atomic E-state index is 12.3. The summed E-state index contributed by atoms with van der Waals surface area (Å²) in [6, 6.07) is 3.60. The number of imide groups is 1. The van der Waals surface area contributed by atoms with Crippen molar-refractivity contribution in [2.75, 3.05) is 20.8 Å². The molecule has 8 nitrogen and oxygen atoms in total. The molecule has 9 heteroatoms. The average Bonchev–Trinajstić information content (AvgIpc) is 3.15. The summed E-state index contributed by atoms with van der Waals surface area (Å²) in [6.07, 6.45) is 0.302. The van der Waals surface area contributed by atoms with E-state index in [1.165, 1.54) is 11.3 Å². The van der Waals surface area contributed by atoms with Gasteiger partial charge in [-0.2, -0.15) is 4.99 Å². The Morgan fingerprint density at radius 3 is 2.35 bits per heavy atom. The van der Waals surface area contributed by atoms with Crippen LogP contribution >= 0.6 is 11.3 Å². The van der Waals surface area contributed by atoms with Crippen LogP contribution in [0, 0.1) is 0 Å². The maximum absolute atomic E-state index is 12.3. The van der Waals surface area contributed by atoms with Crippen LogP contribution in [0.4, 0.5) is 0 Å². The van der Waals surface area contributed by atoms with Gasteiger partial charge in [-0.25, -0.2) is 0 Å². The molecule has 1 fully saturated rings. The van der Waals surface area contributed by atoms with Crippen LogP contribution in [-0.2, 0) is 20.9 Å². The Balaban J connectivity index is 2.06.